The van der Waals surface area contributed by atoms with Crippen molar-refractivity contribution in [3.8, 4) is 10.4 Å². The Morgan fingerprint density at radius 1 is 1.13 bits per heavy atom. The number of rotatable bonds is 3. The molecule has 0 aliphatic rings. The molecule has 0 unspecified atom stereocenters. The molecule has 0 aliphatic heterocycles. The van der Waals surface area contributed by atoms with Gasteiger partial charge in [-0.3, -0.25) is 9.78 Å². The molecule has 0 spiro atoms. The monoisotopic (exact) mass is 324 g/mol. The van der Waals surface area contributed by atoms with Crippen LogP contribution in [-0.4, -0.2) is 10.9 Å². The summed E-state index contributed by atoms with van der Waals surface area (Å²) in [6.45, 7) is 3.99. The number of hydrogen-bond acceptors (Lipinski definition) is 3. The van der Waals surface area contributed by atoms with E-state index < -0.39 is 0 Å². The van der Waals surface area contributed by atoms with E-state index in [9.17, 15) is 4.79 Å². The molecule has 2 aromatic heterocycles. The molecule has 0 radical (unpaired) electrons. The maximum atomic E-state index is 12.5. The first kappa shape index (κ1) is 16.9. The average Bonchev–Trinajstić information content (AvgIpc) is 3.05. The van der Waals surface area contributed by atoms with Crippen LogP contribution in [0.3, 0.4) is 0 Å². The predicted octanol–water partition coefficient (Wildman–Crippen LogP) is 5.32. The van der Waals surface area contributed by atoms with Gasteiger partial charge in [-0.05, 0) is 48.6 Å². The van der Waals surface area contributed by atoms with E-state index in [1.54, 1.807) is 23.7 Å². The summed E-state index contributed by atoms with van der Waals surface area (Å²) in [6.07, 6.45) is 3.37. The highest BCUT2D eigenvalue weighted by atomic mass is 32.1. The zero-order chi connectivity index (χ0) is 15.5. The number of anilines is 1. The Labute approximate surface area is 141 Å². The van der Waals surface area contributed by atoms with E-state index in [4.69, 9.17) is 0 Å². The van der Waals surface area contributed by atoms with Gasteiger partial charge in [0.05, 0.1) is 5.56 Å². The number of nitrogens with one attached hydrogen (secondary N) is 1. The van der Waals surface area contributed by atoms with Crippen LogP contribution in [0.25, 0.3) is 10.4 Å². The van der Waals surface area contributed by atoms with Gasteiger partial charge in [0.1, 0.15) is 0 Å². The Morgan fingerprint density at radius 3 is 2.70 bits per heavy atom. The van der Waals surface area contributed by atoms with Crippen molar-refractivity contribution in [1.29, 1.82) is 0 Å². The third-order valence-corrected chi connectivity index (χ3v) is 4.37. The third-order valence-electron chi connectivity index (χ3n) is 3.45. The van der Waals surface area contributed by atoms with Crippen LogP contribution in [0.4, 0.5) is 5.69 Å². The van der Waals surface area contributed by atoms with Crippen molar-refractivity contribution in [1.82, 2.24) is 4.98 Å². The molecule has 1 amide bonds. The molecule has 3 rings (SSSR count). The van der Waals surface area contributed by atoms with Crippen molar-refractivity contribution >= 4 is 22.9 Å². The van der Waals surface area contributed by atoms with Crippen molar-refractivity contribution in [2.24, 2.45) is 0 Å². The lowest BCUT2D eigenvalue weighted by molar-refractivity contribution is 0.102. The lowest BCUT2D eigenvalue weighted by Crippen LogP contribution is -2.13. The molecule has 0 aliphatic carbocycles. The fourth-order valence-electron chi connectivity index (χ4n) is 2.21. The molecule has 2 heterocycles. The van der Waals surface area contributed by atoms with Gasteiger partial charge in [0.2, 0.25) is 0 Å². The highest BCUT2D eigenvalue weighted by molar-refractivity contribution is 7.13. The summed E-state index contributed by atoms with van der Waals surface area (Å²) in [7, 11) is 0. The van der Waals surface area contributed by atoms with E-state index in [1.807, 2.05) is 55.6 Å². The van der Waals surface area contributed by atoms with E-state index in [0.717, 1.165) is 27.3 Å². The molecule has 1 N–H and O–H groups in total. The Balaban J connectivity index is 0.00000192. The fourth-order valence-corrected chi connectivity index (χ4v) is 2.92. The maximum absolute atomic E-state index is 12.5. The molecular weight excluding hydrogens is 304 g/mol. The van der Waals surface area contributed by atoms with Gasteiger partial charge in [0.15, 0.2) is 0 Å². The predicted molar refractivity (Wildman–Crippen MR) is 98.2 cm³/mol. The first-order valence-corrected chi connectivity index (χ1v) is 7.89. The summed E-state index contributed by atoms with van der Waals surface area (Å²) in [5.74, 6) is -0.139. The number of carbonyl (C=O) groups is 1. The fraction of sp³-hybridized carbons (Fsp3) is 0.158. The maximum Gasteiger partial charge on any atom is 0.257 e. The largest absolute Gasteiger partial charge is 0.322 e. The minimum atomic E-state index is -0.139. The molecule has 0 bridgehead atoms. The molecule has 4 heteroatoms. The van der Waals surface area contributed by atoms with Crippen LogP contribution >= 0.6 is 11.3 Å². The van der Waals surface area contributed by atoms with Crippen LogP contribution in [-0.2, 0) is 0 Å². The lowest BCUT2D eigenvalue weighted by Gasteiger charge is -2.09. The second kappa shape index (κ2) is 7.20. The summed E-state index contributed by atoms with van der Waals surface area (Å²) >= 11 is 1.63. The molecule has 1 aromatic carbocycles. The van der Waals surface area contributed by atoms with Crippen molar-refractivity contribution in [3.63, 3.8) is 0 Å². The number of pyridine rings is 1. The van der Waals surface area contributed by atoms with Crippen molar-refractivity contribution in [2.75, 3.05) is 5.32 Å². The van der Waals surface area contributed by atoms with Gasteiger partial charge in [0.25, 0.3) is 5.91 Å². The van der Waals surface area contributed by atoms with Crippen LogP contribution in [0.15, 0.2) is 54.2 Å². The number of nitrogens with zero attached hydrogens (tertiary/aromatic N) is 1. The Kier molecular flexibility index (Phi) is 5.29. The molecule has 3 nitrogen and oxygen atoms in total. The first-order chi connectivity index (χ1) is 10.6. The van der Waals surface area contributed by atoms with E-state index in [2.05, 4.69) is 10.3 Å². The number of aryl methyl sites for hydroxylation is 2. The molecule has 0 fully saturated rings. The first-order valence-electron chi connectivity index (χ1n) is 7.01. The SMILES string of the molecule is C.Cc1ccc(C)c(NC(=O)c2cncc(-c3cccs3)c2)c1. The molecule has 118 valence electrons. The normalized spacial score (nSPS) is 10.0. The molecule has 0 saturated carbocycles. The minimum absolute atomic E-state index is 0. The molecule has 0 atom stereocenters. The summed E-state index contributed by atoms with van der Waals surface area (Å²) in [5.41, 5.74) is 4.52. The number of hydrogen-bond donors (Lipinski definition) is 1. The van der Waals surface area contributed by atoms with Gasteiger partial charge in [0, 0.05) is 28.5 Å². The average molecular weight is 324 g/mol. The molecule has 3 aromatic rings. The smallest absolute Gasteiger partial charge is 0.257 e. The number of aromatic nitrogens is 1. The number of benzene rings is 1. The summed E-state index contributed by atoms with van der Waals surface area (Å²) in [5, 5.41) is 4.98. The Morgan fingerprint density at radius 2 is 1.96 bits per heavy atom. The summed E-state index contributed by atoms with van der Waals surface area (Å²) < 4.78 is 0. The summed E-state index contributed by atoms with van der Waals surface area (Å²) in [6, 6.07) is 11.9. The third kappa shape index (κ3) is 3.85. The van der Waals surface area contributed by atoms with Crippen LogP contribution in [0, 0.1) is 13.8 Å². The topological polar surface area (TPSA) is 42.0 Å². The van der Waals surface area contributed by atoms with Crippen molar-refractivity contribution in [2.45, 2.75) is 21.3 Å². The highest BCUT2D eigenvalue weighted by Crippen LogP contribution is 2.25. The van der Waals surface area contributed by atoms with Gasteiger partial charge in [-0.2, -0.15) is 0 Å². The minimum Gasteiger partial charge on any atom is -0.322 e. The quantitative estimate of drug-likeness (QED) is 0.709. The zero-order valence-electron chi connectivity index (χ0n) is 12.5. The van der Waals surface area contributed by atoms with Crippen molar-refractivity contribution < 1.29 is 4.79 Å². The number of amides is 1. The van der Waals surface area contributed by atoms with E-state index in [0.29, 0.717) is 5.56 Å². The highest BCUT2D eigenvalue weighted by Gasteiger charge is 2.10. The molecule has 0 saturated heterocycles. The van der Waals surface area contributed by atoms with Crippen molar-refractivity contribution in [3.05, 3.63) is 70.9 Å². The number of carbonyl (C=O) groups excluding carboxylic acids is 1. The van der Waals surface area contributed by atoms with Gasteiger partial charge in [-0.25, -0.2) is 0 Å². The van der Waals surface area contributed by atoms with E-state index in [1.165, 1.54) is 0 Å². The van der Waals surface area contributed by atoms with Crippen LogP contribution in [0.2, 0.25) is 0 Å². The Hall–Kier alpha value is -2.46. The lowest BCUT2D eigenvalue weighted by atomic mass is 10.1. The van der Waals surface area contributed by atoms with Gasteiger partial charge in [-0.1, -0.05) is 25.6 Å². The summed E-state index contributed by atoms with van der Waals surface area (Å²) in [4.78, 5) is 17.7. The van der Waals surface area contributed by atoms with Crippen LogP contribution in [0.1, 0.15) is 28.9 Å². The van der Waals surface area contributed by atoms with Gasteiger partial charge in [-0.15, -0.1) is 11.3 Å². The second-order valence-electron chi connectivity index (χ2n) is 5.21. The second-order valence-corrected chi connectivity index (χ2v) is 6.16. The zero-order valence-corrected chi connectivity index (χ0v) is 13.3. The molecule has 23 heavy (non-hydrogen) atoms. The van der Waals surface area contributed by atoms with Crippen LogP contribution < -0.4 is 5.32 Å². The van der Waals surface area contributed by atoms with Crippen LogP contribution in [0.5, 0.6) is 0 Å². The standard InChI is InChI=1S/C18H16N2OS.CH4/c1-12-5-6-13(2)16(8-12)20-18(21)15-9-14(10-19-11-15)17-4-3-7-22-17;/h3-11H,1-2H3,(H,20,21);1H4. The number of thiophene rings is 1. The molecular formula is C19H20N2OS. The Bertz CT molecular complexity index is 810. The van der Waals surface area contributed by atoms with Gasteiger partial charge < -0.3 is 5.32 Å². The van der Waals surface area contributed by atoms with E-state index in [-0.39, 0.29) is 13.3 Å². The van der Waals surface area contributed by atoms with E-state index >= 15 is 0 Å². The van der Waals surface area contributed by atoms with Gasteiger partial charge >= 0.3 is 0 Å².